The fraction of sp³-hybridized carbons (Fsp3) is 0.286. The van der Waals surface area contributed by atoms with Crippen molar-refractivity contribution in [2.75, 3.05) is 0 Å². The number of carbonyl (C=O) groups excluding carboxylic acids is 1. The van der Waals surface area contributed by atoms with Gasteiger partial charge in [-0.05, 0) is 6.08 Å². The second-order valence-corrected chi connectivity index (χ2v) is 1.57. The average molecular weight is 125 g/mol. The summed E-state index contributed by atoms with van der Waals surface area (Å²) >= 11 is 0. The number of allylic oxidation sites excluding steroid dienone is 2. The molecule has 0 fully saturated rings. The molecule has 2 heteroatoms. The molecule has 0 heterocycles. The lowest BCUT2D eigenvalue weighted by Crippen LogP contribution is -2.02. The van der Waals surface area contributed by atoms with Gasteiger partial charge in [0.2, 0.25) is 0 Å². The third-order valence-corrected chi connectivity index (χ3v) is 0.853. The van der Waals surface area contributed by atoms with Crippen LogP contribution < -0.4 is 5.11 Å². The summed E-state index contributed by atoms with van der Waals surface area (Å²) in [6, 6.07) is 0. The normalized spacial score (nSPS) is 11.0. The van der Waals surface area contributed by atoms with Gasteiger partial charge in [-0.25, -0.2) is 0 Å². The average Bonchev–Trinajstić information content (AvgIpc) is 1.87. The number of rotatable bonds is 3. The first-order chi connectivity index (χ1) is 4.20. The minimum atomic E-state index is -0.318. The largest absolute Gasteiger partial charge is 0.872 e. The van der Waals surface area contributed by atoms with E-state index in [-0.39, 0.29) is 11.5 Å². The second kappa shape index (κ2) is 3.89. The van der Waals surface area contributed by atoms with Gasteiger partial charge >= 0.3 is 0 Å². The van der Waals surface area contributed by atoms with Crippen LogP contribution >= 0.6 is 0 Å². The molecule has 0 aliphatic heterocycles. The highest BCUT2D eigenvalue weighted by molar-refractivity contribution is 5.89. The van der Waals surface area contributed by atoms with Crippen LogP contribution in [0.2, 0.25) is 0 Å². The Balaban J connectivity index is 3.94. The van der Waals surface area contributed by atoms with E-state index < -0.39 is 0 Å². The summed E-state index contributed by atoms with van der Waals surface area (Å²) < 4.78 is 0. The lowest BCUT2D eigenvalue weighted by atomic mass is 10.3. The molecule has 0 saturated heterocycles. The Hall–Kier alpha value is -1.05. The molecule has 0 aliphatic rings. The Kier molecular flexibility index (Phi) is 3.44. The van der Waals surface area contributed by atoms with Crippen LogP contribution in [0.3, 0.4) is 0 Å². The standard InChI is InChI=1S/C7H10O2/c1-3-6(8)5-7(9)4-2/h3,5,8H,1,4H2,2H3/p-1. The highest BCUT2D eigenvalue weighted by Gasteiger charge is 1.86. The maximum Gasteiger partial charge on any atom is 0.154 e. The van der Waals surface area contributed by atoms with Gasteiger partial charge in [0.1, 0.15) is 0 Å². The molecule has 0 bridgehead atoms. The van der Waals surface area contributed by atoms with Crippen LogP contribution in [0.5, 0.6) is 0 Å². The Labute approximate surface area is 54.5 Å². The monoisotopic (exact) mass is 125 g/mol. The summed E-state index contributed by atoms with van der Waals surface area (Å²) in [7, 11) is 0. The minimum Gasteiger partial charge on any atom is -0.872 e. The molecule has 0 unspecified atom stereocenters. The van der Waals surface area contributed by atoms with E-state index in [0.29, 0.717) is 6.42 Å². The Morgan fingerprint density at radius 1 is 1.78 bits per heavy atom. The highest BCUT2D eigenvalue weighted by Crippen LogP contribution is 1.87. The van der Waals surface area contributed by atoms with Gasteiger partial charge in [0.05, 0.1) is 0 Å². The van der Waals surface area contributed by atoms with Crippen molar-refractivity contribution in [1.29, 1.82) is 0 Å². The fourth-order valence-electron chi connectivity index (χ4n) is 0.320. The lowest BCUT2D eigenvalue weighted by Gasteiger charge is -2.01. The van der Waals surface area contributed by atoms with Gasteiger partial charge in [-0.3, -0.25) is 4.79 Å². The summed E-state index contributed by atoms with van der Waals surface area (Å²) in [6.45, 7) is 4.92. The first-order valence-corrected chi connectivity index (χ1v) is 2.74. The third kappa shape index (κ3) is 3.53. The van der Waals surface area contributed by atoms with Crippen LogP contribution in [0.15, 0.2) is 24.5 Å². The molecule has 50 valence electrons. The number of hydrogen-bond donors (Lipinski definition) is 0. The van der Waals surface area contributed by atoms with Gasteiger partial charge in [-0.2, -0.15) is 0 Å². The molecule has 0 aromatic heterocycles. The molecule has 0 rings (SSSR count). The van der Waals surface area contributed by atoms with Crippen molar-refractivity contribution in [2.24, 2.45) is 0 Å². The first kappa shape index (κ1) is 7.95. The maximum absolute atomic E-state index is 10.5. The summed E-state index contributed by atoms with van der Waals surface area (Å²) in [4.78, 5) is 10.5. The first-order valence-electron chi connectivity index (χ1n) is 2.74. The molecule has 0 aromatic rings. The highest BCUT2D eigenvalue weighted by atomic mass is 16.3. The van der Waals surface area contributed by atoms with Crippen LogP contribution in [0.25, 0.3) is 0 Å². The van der Waals surface area contributed by atoms with Gasteiger partial charge in [0.15, 0.2) is 5.78 Å². The third-order valence-electron chi connectivity index (χ3n) is 0.853. The zero-order valence-corrected chi connectivity index (χ0v) is 5.39. The predicted octanol–water partition coefficient (Wildman–Crippen LogP) is 0.396. The molecule has 2 nitrogen and oxygen atoms in total. The van der Waals surface area contributed by atoms with Crippen molar-refractivity contribution in [2.45, 2.75) is 13.3 Å². The van der Waals surface area contributed by atoms with E-state index in [9.17, 15) is 9.90 Å². The molecule has 0 atom stereocenters. The van der Waals surface area contributed by atoms with E-state index in [0.717, 1.165) is 12.2 Å². The number of carbonyl (C=O) groups is 1. The van der Waals surface area contributed by atoms with Crippen LogP contribution in [-0.4, -0.2) is 5.78 Å². The SMILES string of the molecule is C=CC([O-])=CC(=O)CC. The van der Waals surface area contributed by atoms with Crippen molar-refractivity contribution in [1.82, 2.24) is 0 Å². The molecular formula is C7H9O2-. The van der Waals surface area contributed by atoms with Crippen LogP contribution in [0.1, 0.15) is 13.3 Å². The van der Waals surface area contributed by atoms with Crippen molar-refractivity contribution in [3.8, 4) is 0 Å². The number of ketones is 1. The van der Waals surface area contributed by atoms with E-state index in [2.05, 4.69) is 6.58 Å². The van der Waals surface area contributed by atoms with Crippen LogP contribution in [0, 0.1) is 0 Å². The topological polar surface area (TPSA) is 40.1 Å². The van der Waals surface area contributed by atoms with E-state index in [1.54, 1.807) is 6.92 Å². The van der Waals surface area contributed by atoms with Crippen LogP contribution in [0.4, 0.5) is 0 Å². The maximum atomic E-state index is 10.5. The molecule has 0 amide bonds. The van der Waals surface area contributed by atoms with E-state index in [1.165, 1.54) is 0 Å². The van der Waals surface area contributed by atoms with Gasteiger partial charge in [0, 0.05) is 6.42 Å². The van der Waals surface area contributed by atoms with Gasteiger partial charge < -0.3 is 5.11 Å². The molecule has 0 saturated carbocycles. The van der Waals surface area contributed by atoms with E-state index >= 15 is 0 Å². The predicted molar refractivity (Wildman–Crippen MR) is 33.6 cm³/mol. The van der Waals surface area contributed by atoms with E-state index in [4.69, 9.17) is 0 Å². The molecule has 0 aliphatic carbocycles. The smallest absolute Gasteiger partial charge is 0.154 e. The van der Waals surface area contributed by atoms with Crippen molar-refractivity contribution in [3.63, 3.8) is 0 Å². The van der Waals surface area contributed by atoms with Gasteiger partial charge in [-0.1, -0.05) is 19.6 Å². The molecular weight excluding hydrogens is 116 g/mol. The van der Waals surface area contributed by atoms with Crippen molar-refractivity contribution < 1.29 is 9.90 Å². The Morgan fingerprint density at radius 2 is 2.33 bits per heavy atom. The molecule has 9 heavy (non-hydrogen) atoms. The minimum absolute atomic E-state index is 0.153. The molecule has 0 aromatic carbocycles. The fourth-order valence-corrected chi connectivity index (χ4v) is 0.320. The summed E-state index contributed by atoms with van der Waals surface area (Å²) in [5, 5.41) is 10.4. The summed E-state index contributed by atoms with van der Waals surface area (Å²) in [5.74, 6) is -0.471. The number of hydrogen-bond acceptors (Lipinski definition) is 2. The van der Waals surface area contributed by atoms with Gasteiger partial charge in [0.25, 0.3) is 0 Å². The Morgan fingerprint density at radius 3 is 2.67 bits per heavy atom. The second-order valence-electron chi connectivity index (χ2n) is 1.57. The van der Waals surface area contributed by atoms with Crippen molar-refractivity contribution >= 4 is 5.78 Å². The quantitative estimate of drug-likeness (QED) is 0.311. The van der Waals surface area contributed by atoms with Crippen molar-refractivity contribution in [3.05, 3.63) is 24.5 Å². The zero-order chi connectivity index (χ0) is 7.28. The van der Waals surface area contributed by atoms with Gasteiger partial charge in [-0.15, -0.1) is 5.76 Å². The zero-order valence-electron chi connectivity index (χ0n) is 5.39. The lowest BCUT2D eigenvalue weighted by molar-refractivity contribution is -0.294. The summed E-state index contributed by atoms with van der Waals surface area (Å²) in [6.07, 6.45) is 2.54. The molecule has 0 radical (unpaired) electrons. The summed E-state index contributed by atoms with van der Waals surface area (Å²) in [5.41, 5.74) is 0. The molecule has 0 N–H and O–H groups in total. The van der Waals surface area contributed by atoms with E-state index in [1.807, 2.05) is 0 Å². The van der Waals surface area contributed by atoms with Crippen LogP contribution in [-0.2, 0) is 4.79 Å². The molecule has 0 spiro atoms. The Bertz CT molecular complexity index is 145.